The summed E-state index contributed by atoms with van der Waals surface area (Å²) in [5, 5.41) is 11.4. The third kappa shape index (κ3) is 4.38. The van der Waals surface area contributed by atoms with Crippen molar-refractivity contribution in [3.63, 3.8) is 0 Å². The second-order valence-corrected chi connectivity index (χ2v) is 7.44. The Morgan fingerprint density at radius 1 is 1.04 bits per heavy atom. The van der Waals surface area contributed by atoms with Crippen molar-refractivity contribution >= 4 is 28.5 Å². The Kier molecular flexibility index (Phi) is 5.84. The molecule has 1 N–H and O–H groups in total. The Bertz CT molecular complexity index is 929. The van der Waals surface area contributed by atoms with E-state index in [2.05, 4.69) is 48.5 Å². The smallest absolute Gasteiger partial charge is 0.341 e. The van der Waals surface area contributed by atoms with Gasteiger partial charge in [-0.2, -0.15) is 0 Å². The molecule has 0 aliphatic heterocycles. The van der Waals surface area contributed by atoms with Crippen LogP contribution in [0.2, 0.25) is 0 Å². The molecule has 26 heavy (non-hydrogen) atoms. The van der Waals surface area contributed by atoms with Gasteiger partial charge in [-0.3, -0.25) is 0 Å². The van der Waals surface area contributed by atoms with Crippen LogP contribution in [0.4, 0.5) is 0 Å². The molecule has 0 heterocycles. The maximum absolute atomic E-state index is 10.7. The van der Waals surface area contributed by atoms with Crippen molar-refractivity contribution in [1.29, 1.82) is 0 Å². The average molecular weight is 366 g/mol. The van der Waals surface area contributed by atoms with E-state index in [-0.39, 0.29) is 6.61 Å². The summed E-state index contributed by atoms with van der Waals surface area (Å²) < 4.78 is 5.35. The van der Waals surface area contributed by atoms with Crippen LogP contribution in [0.15, 0.2) is 59.5 Å². The van der Waals surface area contributed by atoms with E-state index in [1.807, 2.05) is 31.7 Å². The zero-order chi connectivity index (χ0) is 18.5. The van der Waals surface area contributed by atoms with E-state index in [1.165, 1.54) is 21.2 Å². The molecule has 0 saturated carbocycles. The summed E-state index contributed by atoms with van der Waals surface area (Å²) in [6.07, 6.45) is 1.00. The Morgan fingerprint density at radius 3 is 2.62 bits per heavy atom. The second-order valence-electron chi connectivity index (χ2n) is 6.30. The maximum Gasteiger partial charge on any atom is 0.341 e. The molecule has 0 fully saturated rings. The van der Waals surface area contributed by atoms with Gasteiger partial charge >= 0.3 is 5.97 Å². The van der Waals surface area contributed by atoms with E-state index in [4.69, 9.17) is 9.84 Å². The van der Waals surface area contributed by atoms with Gasteiger partial charge in [0.15, 0.2) is 6.61 Å². The maximum atomic E-state index is 10.7. The standard InChI is InChI=1S/C22H22O3S/c1-15-13-21(16(2)12-20(15)25-14-22(23)24)26-11-10-18-8-5-7-17-6-3-4-9-19(17)18/h3-9,12-13H,10-11,14H2,1-2H3,(H,23,24). The number of aryl methyl sites for hydroxylation is 3. The zero-order valence-electron chi connectivity index (χ0n) is 15.0. The molecule has 134 valence electrons. The van der Waals surface area contributed by atoms with Gasteiger partial charge in [-0.15, -0.1) is 11.8 Å². The van der Waals surface area contributed by atoms with Crippen molar-refractivity contribution in [2.45, 2.75) is 25.2 Å². The Hall–Kier alpha value is -2.46. The number of fused-ring (bicyclic) bond motifs is 1. The summed E-state index contributed by atoms with van der Waals surface area (Å²) in [5.41, 5.74) is 3.44. The van der Waals surface area contributed by atoms with Crippen LogP contribution in [-0.4, -0.2) is 23.4 Å². The van der Waals surface area contributed by atoms with E-state index < -0.39 is 5.97 Å². The molecule has 0 aromatic heterocycles. The van der Waals surface area contributed by atoms with Gasteiger partial charge in [0.05, 0.1) is 0 Å². The Balaban J connectivity index is 1.68. The molecule has 0 amide bonds. The number of rotatable bonds is 7. The molecule has 3 aromatic carbocycles. The lowest BCUT2D eigenvalue weighted by molar-refractivity contribution is -0.139. The van der Waals surface area contributed by atoms with Gasteiger partial charge < -0.3 is 9.84 Å². The number of ether oxygens (including phenoxy) is 1. The molecular weight excluding hydrogens is 344 g/mol. The predicted octanol–water partition coefficient (Wildman–Crippen LogP) is 5.25. The van der Waals surface area contributed by atoms with Crippen molar-refractivity contribution in [3.8, 4) is 5.75 Å². The molecule has 0 aliphatic rings. The summed E-state index contributed by atoms with van der Waals surface area (Å²) in [6.45, 7) is 3.67. The first-order chi connectivity index (χ1) is 12.5. The number of thioether (sulfide) groups is 1. The average Bonchev–Trinajstić information content (AvgIpc) is 2.63. The van der Waals surface area contributed by atoms with E-state index in [1.54, 1.807) is 0 Å². The monoisotopic (exact) mass is 366 g/mol. The van der Waals surface area contributed by atoms with Gasteiger partial charge in [0, 0.05) is 10.6 Å². The number of hydrogen-bond acceptors (Lipinski definition) is 3. The summed E-state index contributed by atoms with van der Waals surface area (Å²) >= 11 is 1.83. The van der Waals surface area contributed by atoms with Crippen LogP contribution in [0.5, 0.6) is 5.75 Å². The minimum absolute atomic E-state index is 0.312. The van der Waals surface area contributed by atoms with Crippen molar-refractivity contribution in [2.75, 3.05) is 12.4 Å². The van der Waals surface area contributed by atoms with Gasteiger partial charge in [-0.25, -0.2) is 4.79 Å². The van der Waals surface area contributed by atoms with Crippen LogP contribution >= 0.6 is 11.8 Å². The van der Waals surface area contributed by atoms with Crippen LogP contribution in [0.25, 0.3) is 10.8 Å². The molecule has 3 nitrogen and oxygen atoms in total. The molecule has 0 spiro atoms. The molecular formula is C22H22O3S. The fourth-order valence-electron chi connectivity index (χ4n) is 3.00. The first-order valence-electron chi connectivity index (χ1n) is 8.60. The molecule has 0 aliphatic carbocycles. The molecule has 3 rings (SSSR count). The van der Waals surface area contributed by atoms with Gasteiger partial charge in [-0.1, -0.05) is 42.5 Å². The highest BCUT2D eigenvalue weighted by Gasteiger charge is 2.08. The van der Waals surface area contributed by atoms with Crippen molar-refractivity contribution in [1.82, 2.24) is 0 Å². The minimum Gasteiger partial charge on any atom is -0.482 e. The summed E-state index contributed by atoms with van der Waals surface area (Å²) in [6, 6.07) is 19.0. The van der Waals surface area contributed by atoms with E-state index in [0.717, 1.165) is 23.3 Å². The highest BCUT2D eigenvalue weighted by Crippen LogP contribution is 2.30. The van der Waals surface area contributed by atoms with Crippen LogP contribution in [0.1, 0.15) is 16.7 Å². The third-order valence-corrected chi connectivity index (χ3v) is 5.49. The van der Waals surface area contributed by atoms with Crippen LogP contribution < -0.4 is 4.74 Å². The van der Waals surface area contributed by atoms with Crippen molar-refractivity contribution in [2.24, 2.45) is 0 Å². The molecule has 0 saturated heterocycles. The lowest BCUT2D eigenvalue weighted by Gasteiger charge is -2.12. The summed E-state index contributed by atoms with van der Waals surface area (Å²) in [4.78, 5) is 11.9. The van der Waals surface area contributed by atoms with Crippen LogP contribution in [-0.2, 0) is 11.2 Å². The fraction of sp³-hybridized carbons (Fsp3) is 0.227. The highest BCUT2D eigenvalue weighted by atomic mass is 32.2. The second kappa shape index (κ2) is 8.28. The van der Waals surface area contributed by atoms with E-state index >= 15 is 0 Å². The normalized spacial score (nSPS) is 10.8. The van der Waals surface area contributed by atoms with Crippen LogP contribution in [0, 0.1) is 13.8 Å². The number of aliphatic carboxylic acids is 1. The number of hydrogen-bond donors (Lipinski definition) is 1. The number of carboxylic acid groups (broad SMARTS) is 1. The van der Waals surface area contributed by atoms with Crippen molar-refractivity contribution < 1.29 is 14.6 Å². The predicted molar refractivity (Wildman–Crippen MR) is 107 cm³/mol. The summed E-state index contributed by atoms with van der Waals surface area (Å²) in [7, 11) is 0. The number of carboxylic acids is 1. The van der Waals surface area contributed by atoms with Gasteiger partial charge in [-0.05, 0) is 59.9 Å². The Morgan fingerprint density at radius 2 is 1.81 bits per heavy atom. The molecule has 0 unspecified atom stereocenters. The summed E-state index contributed by atoms with van der Waals surface area (Å²) in [5.74, 6) is 0.669. The molecule has 4 heteroatoms. The molecule has 0 bridgehead atoms. The number of carbonyl (C=O) groups is 1. The third-order valence-electron chi connectivity index (χ3n) is 4.33. The van der Waals surface area contributed by atoms with Crippen LogP contribution in [0.3, 0.4) is 0 Å². The fourth-order valence-corrected chi connectivity index (χ4v) is 4.08. The highest BCUT2D eigenvalue weighted by molar-refractivity contribution is 7.99. The largest absolute Gasteiger partial charge is 0.482 e. The SMILES string of the molecule is Cc1cc(SCCc2cccc3ccccc23)c(C)cc1OCC(=O)O. The number of benzene rings is 3. The van der Waals surface area contributed by atoms with Gasteiger partial charge in [0.2, 0.25) is 0 Å². The molecule has 0 radical (unpaired) electrons. The first kappa shape index (κ1) is 18.3. The van der Waals surface area contributed by atoms with Crippen molar-refractivity contribution in [3.05, 3.63) is 71.3 Å². The molecule has 0 atom stereocenters. The quantitative estimate of drug-likeness (QED) is 0.580. The van der Waals surface area contributed by atoms with E-state index in [0.29, 0.717) is 5.75 Å². The van der Waals surface area contributed by atoms with Gasteiger partial charge in [0.1, 0.15) is 5.75 Å². The topological polar surface area (TPSA) is 46.5 Å². The van der Waals surface area contributed by atoms with E-state index in [9.17, 15) is 4.79 Å². The lowest BCUT2D eigenvalue weighted by atomic mass is 10.0. The molecule has 3 aromatic rings. The first-order valence-corrected chi connectivity index (χ1v) is 9.58. The zero-order valence-corrected chi connectivity index (χ0v) is 15.8. The minimum atomic E-state index is -0.962. The Labute approximate surface area is 158 Å². The lowest BCUT2D eigenvalue weighted by Crippen LogP contribution is -2.10. The van der Waals surface area contributed by atoms with Gasteiger partial charge in [0.25, 0.3) is 0 Å².